The first-order chi connectivity index (χ1) is 14.7. The third-order valence-corrected chi connectivity index (χ3v) is 7.51. The van der Waals surface area contributed by atoms with E-state index in [2.05, 4.69) is 57.1 Å². The Balaban J connectivity index is 1.19. The molecular weight excluding hydrogens is 372 g/mol. The van der Waals surface area contributed by atoms with Crippen LogP contribution in [0.3, 0.4) is 0 Å². The molecule has 2 aliphatic heterocycles. The number of piperazine rings is 1. The number of hydrogen-bond donors (Lipinski definition) is 1. The summed E-state index contributed by atoms with van der Waals surface area (Å²) in [4.78, 5) is 12.0. The van der Waals surface area contributed by atoms with Gasteiger partial charge in [-0.05, 0) is 49.4 Å². The second kappa shape index (κ2) is 8.75. The number of fused-ring (bicyclic) bond motifs is 1. The molecule has 1 N–H and O–H groups in total. The smallest absolute Gasteiger partial charge is 0.0701 e. The second-order valence-electron chi connectivity index (χ2n) is 9.57. The number of hydrogen-bond acceptors (Lipinski definition) is 5. The summed E-state index contributed by atoms with van der Waals surface area (Å²) in [5.74, 6) is 1.38. The highest BCUT2D eigenvalue weighted by atomic mass is 16.3. The van der Waals surface area contributed by atoms with Crippen molar-refractivity contribution in [2.45, 2.75) is 31.5 Å². The highest BCUT2D eigenvalue weighted by molar-refractivity contribution is 5.58. The topological polar surface area (TPSA) is 42.8 Å². The number of aliphatic hydroxyl groups excluding tert-OH is 1. The molecule has 2 aromatic rings. The Labute approximate surface area is 180 Å². The lowest BCUT2D eigenvalue weighted by Gasteiger charge is -2.44. The Kier molecular flexibility index (Phi) is 5.87. The van der Waals surface area contributed by atoms with Gasteiger partial charge in [0, 0.05) is 63.6 Å². The van der Waals surface area contributed by atoms with Crippen LogP contribution in [0.4, 0.5) is 0 Å². The highest BCUT2D eigenvalue weighted by Crippen LogP contribution is 2.39. The third-order valence-electron chi connectivity index (χ3n) is 7.51. The van der Waals surface area contributed by atoms with Crippen molar-refractivity contribution in [2.75, 3.05) is 46.3 Å². The number of aromatic nitrogens is 1. The fourth-order valence-corrected chi connectivity index (χ4v) is 5.75. The minimum Gasteiger partial charge on any atom is -0.391 e. The molecule has 0 spiro atoms. The van der Waals surface area contributed by atoms with Crippen molar-refractivity contribution >= 4 is 0 Å². The normalized spacial score (nSPS) is 31.0. The van der Waals surface area contributed by atoms with E-state index < -0.39 is 0 Å². The van der Waals surface area contributed by atoms with E-state index in [0.29, 0.717) is 12.0 Å². The van der Waals surface area contributed by atoms with Crippen molar-refractivity contribution in [3.8, 4) is 11.3 Å². The van der Waals surface area contributed by atoms with Crippen LogP contribution in [0.25, 0.3) is 11.3 Å². The molecule has 160 valence electrons. The zero-order valence-electron chi connectivity index (χ0n) is 18.0. The van der Waals surface area contributed by atoms with Crippen LogP contribution in [0.15, 0.2) is 48.7 Å². The minimum absolute atomic E-state index is 0.160. The van der Waals surface area contributed by atoms with Gasteiger partial charge in [-0.25, -0.2) is 0 Å². The van der Waals surface area contributed by atoms with Gasteiger partial charge in [-0.15, -0.1) is 0 Å². The molecule has 1 aliphatic carbocycles. The lowest BCUT2D eigenvalue weighted by molar-refractivity contribution is -0.0249. The number of aliphatic hydroxyl groups is 1. The molecule has 30 heavy (non-hydrogen) atoms. The van der Waals surface area contributed by atoms with Crippen LogP contribution in [0.1, 0.15) is 18.4 Å². The van der Waals surface area contributed by atoms with Gasteiger partial charge in [0.05, 0.1) is 11.8 Å². The van der Waals surface area contributed by atoms with Gasteiger partial charge in [-0.1, -0.05) is 30.3 Å². The molecule has 0 unspecified atom stereocenters. The summed E-state index contributed by atoms with van der Waals surface area (Å²) in [5.41, 5.74) is 3.57. The number of rotatable bonds is 4. The average molecular weight is 407 g/mol. The van der Waals surface area contributed by atoms with Crippen LogP contribution in [-0.4, -0.2) is 83.3 Å². The third kappa shape index (κ3) is 4.30. The number of likely N-dealkylation sites (N-methyl/N-ethyl adjacent to an activating group) is 1. The summed E-state index contributed by atoms with van der Waals surface area (Å²) >= 11 is 0. The fourth-order valence-electron chi connectivity index (χ4n) is 5.75. The maximum Gasteiger partial charge on any atom is 0.0701 e. The van der Waals surface area contributed by atoms with Gasteiger partial charge < -0.3 is 10.0 Å². The van der Waals surface area contributed by atoms with Gasteiger partial charge in [0.25, 0.3) is 0 Å². The van der Waals surface area contributed by atoms with Crippen LogP contribution >= 0.6 is 0 Å². The molecule has 3 fully saturated rings. The summed E-state index contributed by atoms with van der Waals surface area (Å²) in [6.45, 7) is 7.74. The summed E-state index contributed by atoms with van der Waals surface area (Å²) in [6.07, 6.45) is 3.81. The van der Waals surface area contributed by atoms with Crippen molar-refractivity contribution in [3.05, 3.63) is 54.2 Å². The van der Waals surface area contributed by atoms with E-state index >= 15 is 0 Å². The Morgan fingerprint density at radius 1 is 0.933 bits per heavy atom. The molecule has 1 aromatic heterocycles. The minimum atomic E-state index is -0.160. The number of benzene rings is 1. The number of nitrogens with zero attached hydrogens (tertiary/aromatic N) is 4. The monoisotopic (exact) mass is 406 g/mol. The molecule has 1 aromatic carbocycles. The van der Waals surface area contributed by atoms with Crippen LogP contribution in [0, 0.1) is 11.8 Å². The predicted molar refractivity (Wildman–Crippen MR) is 120 cm³/mol. The van der Waals surface area contributed by atoms with Crippen molar-refractivity contribution in [1.82, 2.24) is 19.7 Å². The fraction of sp³-hybridized carbons (Fsp3) is 0.560. The molecule has 4 atom stereocenters. The molecule has 0 amide bonds. The van der Waals surface area contributed by atoms with E-state index in [9.17, 15) is 5.11 Å². The Morgan fingerprint density at radius 2 is 1.67 bits per heavy atom. The quantitative estimate of drug-likeness (QED) is 0.845. The Hall–Kier alpha value is -1.79. The molecule has 2 saturated heterocycles. The maximum absolute atomic E-state index is 10.9. The largest absolute Gasteiger partial charge is 0.391 e. The van der Waals surface area contributed by atoms with Gasteiger partial charge in [-0.2, -0.15) is 0 Å². The summed E-state index contributed by atoms with van der Waals surface area (Å²) < 4.78 is 0. The second-order valence-corrected chi connectivity index (χ2v) is 9.57. The van der Waals surface area contributed by atoms with Crippen LogP contribution in [0.5, 0.6) is 0 Å². The molecule has 5 rings (SSSR count). The first-order valence-electron chi connectivity index (χ1n) is 11.5. The summed E-state index contributed by atoms with van der Waals surface area (Å²) in [7, 11) is 2.20. The van der Waals surface area contributed by atoms with E-state index in [0.717, 1.165) is 63.7 Å². The maximum atomic E-state index is 10.9. The molecule has 0 bridgehead atoms. The van der Waals surface area contributed by atoms with Crippen LogP contribution in [0.2, 0.25) is 0 Å². The molecular formula is C25H34N4O. The lowest BCUT2D eigenvalue weighted by atomic mass is 9.77. The number of pyridine rings is 1. The first kappa shape index (κ1) is 20.1. The molecule has 3 aliphatic rings. The van der Waals surface area contributed by atoms with E-state index in [4.69, 9.17) is 0 Å². The zero-order chi connectivity index (χ0) is 20.5. The summed E-state index contributed by atoms with van der Waals surface area (Å²) in [5, 5.41) is 10.9. The SMILES string of the molecule is CN1CCN([C@@H]2C[C@@H]3CN(Cc4ccc(-c5ccccn5)cc4)C[C@@H]3C[C@H]2O)CC1. The zero-order valence-corrected chi connectivity index (χ0v) is 18.0. The summed E-state index contributed by atoms with van der Waals surface area (Å²) in [6, 6.07) is 15.3. The van der Waals surface area contributed by atoms with E-state index in [1.54, 1.807) is 0 Å². The van der Waals surface area contributed by atoms with Gasteiger partial charge in [0.2, 0.25) is 0 Å². The molecule has 5 nitrogen and oxygen atoms in total. The first-order valence-corrected chi connectivity index (χ1v) is 11.5. The van der Waals surface area contributed by atoms with E-state index in [-0.39, 0.29) is 6.10 Å². The van der Waals surface area contributed by atoms with Gasteiger partial charge in [-0.3, -0.25) is 14.8 Å². The number of likely N-dealkylation sites (tertiary alicyclic amines) is 1. The van der Waals surface area contributed by atoms with Gasteiger partial charge >= 0.3 is 0 Å². The molecule has 3 heterocycles. The Bertz CT molecular complexity index is 819. The van der Waals surface area contributed by atoms with Crippen molar-refractivity contribution in [3.63, 3.8) is 0 Å². The van der Waals surface area contributed by atoms with E-state index in [1.165, 1.54) is 17.7 Å². The lowest BCUT2D eigenvalue weighted by Crippen LogP contribution is -2.55. The molecule has 0 radical (unpaired) electrons. The van der Waals surface area contributed by atoms with Crippen molar-refractivity contribution < 1.29 is 5.11 Å². The van der Waals surface area contributed by atoms with Gasteiger partial charge in [0.1, 0.15) is 0 Å². The highest BCUT2D eigenvalue weighted by Gasteiger charge is 2.43. The van der Waals surface area contributed by atoms with E-state index in [1.807, 2.05) is 18.3 Å². The van der Waals surface area contributed by atoms with Crippen molar-refractivity contribution in [2.24, 2.45) is 11.8 Å². The van der Waals surface area contributed by atoms with Crippen LogP contribution in [-0.2, 0) is 6.54 Å². The average Bonchev–Trinajstić information content (AvgIpc) is 3.16. The predicted octanol–water partition coefficient (Wildman–Crippen LogP) is 2.57. The van der Waals surface area contributed by atoms with Crippen LogP contribution < -0.4 is 0 Å². The molecule has 1 saturated carbocycles. The Morgan fingerprint density at radius 3 is 2.37 bits per heavy atom. The molecule has 5 heteroatoms. The standard InChI is InChI=1S/C25H34N4O/c1-27-10-12-29(13-11-27)24-14-21-17-28(18-22(21)15-25(24)30)16-19-5-7-20(8-6-19)23-4-2-3-9-26-23/h2-9,21-22,24-25,30H,10-18H2,1H3/t21-,22+,24-,25-/m1/s1. The van der Waals surface area contributed by atoms with Gasteiger partial charge in [0.15, 0.2) is 0 Å². The van der Waals surface area contributed by atoms with Crippen molar-refractivity contribution in [1.29, 1.82) is 0 Å².